The van der Waals surface area contributed by atoms with Crippen molar-refractivity contribution in [2.45, 2.75) is 83.7 Å². The summed E-state index contributed by atoms with van der Waals surface area (Å²) in [4.78, 5) is 0. The quantitative estimate of drug-likeness (QED) is 0.349. The average molecular weight is 398 g/mol. The molecule has 0 radical (unpaired) electrons. The third-order valence-corrected chi connectivity index (χ3v) is 6.20. The zero-order valence-electron chi connectivity index (χ0n) is 14.8. The molecule has 134 valence electrons. The third kappa shape index (κ3) is 6.74. The summed E-state index contributed by atoms with van der Waals surface area (Å²) in [6, 6.07) is 4.20. The molecule has 0 amide bonds. The minimum Gasteiger partial charge on any atom is -0.147 e. The average Bonchev–Trinajstić information content (AvgIpc) is 2.52. The Labute approximate surface area is 161 Å². The maximum Gasteiger partial charge on any atom is 0.0627 e. The summed E-state index contributed by atoms with van der Waals surface area (Å²) < 4.78 is 0. The normalized spacial score (nSPS) is 11.4. The minimum atomic E-state index is 0. The molecule has 1 atom stereocenters. The van der Waals surface area contributed by atoms with Gasteiger partial charge in [0.1, 0.15) is 0 Å². The van der Waals surface area contributed by atoms with Crippen molar-refractivity contribution in [3.8, 4) is 0 Å². The van der Waals surface area contributed by atoms with E-state index < -0.39 is 0 Å². The van der Waals surface area contributed by atoms with E-state index in [4.69, 9.17) is 23.2 Å². The summed E-state index contributed by atoms with van der Waals surface area (Å²) in [5.41, 5.74) is 2.68. The van der Waals surface area contributed by atoms with E-state index in [9.17, 15) is 0 Å². The van der Waals surface area contributed by atoms with Gasteiger partial charge >= 0.3 is 0 Å². The van der Waals surface area contributed by atoms with Crippen LogP contribution in [0.25, 0.3) is 0 Å². The van der Waals surface area contributed by atoms with Crippen LogP contribution in [0.5, 0.6) is 0 Å². The standard InChI is InChI=1S/C19H31Cl2P.ClH/c1-4-7-10-15-16(11-12-17(20)18(15)21)19(22,13-8-5-2)14-9-6-3;/h11-12H,4-10,13-14,22H2,1-3H3;1H. The van der Waals surface area contributed by atoms with Crippen LogP contribution in [0.15, 0.2) is 12.1 Å². The lowest BCUT2D eigenvalue weighted by Gasteiger charge is -2.33. The zero-order chi connectivity index (χ0) is 16.6. The van der Waals surface area contributed by atoms with Gasteiger partial charge in [0.25, 0.3) is 0 Å². The summed E-state index contributed by atoms with van der Waals surface area (Å²) in [6.45, 7) is 6.75. The first kappa shape index (κ1) is 23.5. The lowest BCUT2D eigenvalue weighted by molar-refractivity contribution is 0.476. The molecule has 0 aliphatic rings. The molecular formula is C19H32Cl3P. The summed E-state index contributed by atoms with van der Waals surface area (Å²) in [5.74, 6) is 0. The van der Waals surface area contributed by atoms with Gasteiger partial charge in [0.15, 0.2) is 0 Å². The Kier molecular flexibility index (Phi) is 12.2. The van der Waals surface area contributed by atoms with Crippen molar-refractivity contribution in [2.75, 3.05) is 0 Å². The smallest absolute Gasteiger partial charge is 0.0627 e. The van der Waals surface area contributed by atoms with Gasteiger partial charge in [-0.2, -0.15) is 0 Å². The molecule has 0 spiro atoms. The van der Waals surface area contributed by atoms with Gasteiger partial charge in [-0.1, -0.05) is 82.1 Å². The second-order valence-electron chi connectivity index (χ2n) is 6.35. The Hall–Kier alpha value is 0.520. The van der Waals surface area contributed by atoms with Crippen LogP contribution in [0.4, 0.5) is 0 Å². The molecule has 0 aliphatic heterocycles. The number of hydrogen-bond acceptors (Lipinski definition) is 0. The molecule has 1 aromatic rings. The van der Waals surface area contributed by atoms with E-state index in [0.29, 0.717) is 5.02 Å². The lowest BCUT2D eigenvalue weighted by atomic mass is 9.84. The molecule has 23 heavy (non-hydrogen) atoms. The molecule has 1 rings (SSSR count). The van der Waals surface area contributed by atoms with Crippen molar-refractivity contribution >= 4 is 44.8 Å². The van der Waals surface area contributed by atoms with E-state index in [-0.39, 0.29) is 17.6 Å². The van der Waals surface area contributed by atoms with Gasteiger partial charge in [0, 0.05) is 5.16 Å². The fourth-order valence-corrected chi connectivity index (χ4v) is 4.15. The van der Waals surface area contributed by atoms with Gasteiger partial charge in [-0.15, -0.1) is 21.6 Å². The number of benzene rings is 1. The first-order valence-electron chi connectivity index (χ1n) is 8.76. The molecule has 1 aromatic carbocycles. The van der Waals surface area contributed by atoms with Crippen molar-refractivity contribution in [1.82, 2.24) is 0 Å². The Morgan fingerprint density at radius 3 is 1.91 bits per heavy atom. The highest BCUT2D eigenvalue weighted by molar-refractivity contribution is 7.18. The highest BCUT2D eigenvalue weighted by Gasteiger charge is 2.29. The molecule has 0 bridgehead atoms. The van der Waals surface area contributed by atoms with Crippen LogP contribution in [0.2, 0.25) is 10.0 Å². The highest BCUT2D eigenvalue weighted by atomic mass is 35.5. The minimum absolute atomic E-state index is 0. The van der Waals surface area contributed by atoms with Gasteiger partial charge in [0.2, 0.25) is 0 Å². The fraction of sp³-hybridized carbons (Fsp3) is 0.684. The predicted octanol–water partition coefficient (Wildman–Crippen LogP) is 8.21. The van der Waals surface area contributed by atoms with Crippen LogP contribution >= 0.6 is 44.8 Å². The predicted molar refractivity (Wildman–Crippen MR) is 113 cm³/mol. The Morgan fingerprint density at radius 1 is 0.913 bits per heavy atom. The maximum atomic E-state index is 6.57. The van der Waals surface area contributed by atoms with Gasteiger partial charge in [-0.25, -0.2) is 0 Å². The molecule has 0 nitrogen and oxygen atoms in total. The molecular weight excluding hydrogens is 366 g/mol. The van der Waals surface area contributed by atoms with Gasteiger partial charge in [-0.05, 0) is 42.9 Å². The molecule has 0 saturated heterocycles. The molecule has 4 heteroatoms. The van der Waals surface area contributed by atoms with Crippen LogP contribution in [0.3, 0.4) is 0 Å². The number of halogens is 3. The summed E-state index contributed by atoms with van der Waals surface area (Å²) in [7, 11) is 3.17. The monoisotopic (exact) mass is 396 g/mol. The summed E-state index contributed by atoms with van der Waals surface area (Å²) in [6.07, 6.45) is 10.7. The van der Waals surface area contributed by atoms with Crippen molar-refractivity contribution in [3.63, 3.8) is 0 Å². The summed E-state index contributed by atoms with van der Waals surface area (Å²) >= 11 is 12.9. The molecule has 0 aromatic heterocycles. The molecule has 0 aliphatic carbocycles. The summed E-state index contributed by atoms with van der Waals surface area (Å²) in [5, 5.41) is 1.60. The Morgan fingerprint density at radius 2 is 1.43 bits per heavy atom. The molecule has 0 fully saturated rings. The molecule has 0 saturated carbocycles. The topological polar surface area (TPSA) is 0 Å². The number of unbranched alkanes of at least 4 members (excludes halogenated alkanes) is 3. The van der Waals surface area contributed by atoms with E-state index in [0.717, 1.165) is 17.9 Å². The van der Waals surface area contributed by atoms with Crippen LogP contribution in [0, 0.1) is 0 Å². The van der Waals surface area contributed by atoms with Gasteiger partial charge in [0.05, 0.1) is 10.0 Å². The van der Waals surface area contributed by atoms with Crippen LogP contribution in [-0.4, -0.2) is 0 Å². The van der Waals surface area contributed by atoms with Gasteiger partial charge in [-0.3, -0.25) is 0 Å². The second-order valence-corrected chi connectivity index (χ2v) is 8.24. The molecule has 1 unspecified atom stereocenters. The van der Waals surface area contributed by atoms with E-state index in [1.807, 2.05) is 6.07 Å². The Bertz CT molecular complexity index is 452. The van der Waals surface area contributed by atoms with E-state index in [2.05, 4.69) is 36.1 Å². The first-order chi connectivity index (χ1) is 10.5. The molecule has 0 heterocycles. The van der Waals surface area contributed by atoms with Crippen LogP contribution < -0.4 is 0 Å². The van der Waals surface area contributed by atoms with E-state index in [1.165, 1.54) is 56.1 Å². The van der Waals surface area contributed by atoms with Crippen LogP contribution in [-0.2, 0) is 11.6 Å². The maximum absolute atomic E-state index is 6.57. The fourth-order valence-electron chi connectivity index (χ4n) is 3.04. The van der Waals surface area contributed by atoms with Crippen LogP contribution in [0.1, 0.15) is 83.3 Å². The van der Waals surface area contributed by atoms with E-state index in [1.54, 1.807) is 0 Å². The molecule has 0 N–H and O–H groups in total. The second kappa shape index (κ2) is 12.0. The Balaban J connectivity index is 0.00000484. The van der Waals surface area contributed by atoms with Crippen molar-refractivity contribution in [1.29, 1.82) is 0 Å². The third-order valence-electron chi connectivity index (χ3n) is 4.47. The zero-order valence-corrected chi connectivity index (χ0v) is 18.2. The lowest BCUT2D eigenvalue weighted by Crippen LogP contribution is -2.20. The number of rotatable bonds is 10. The largest absolute Gasteiger partial charge is 0.147 e. The highest BCUT2D eigenvalue weighted by Crippen LogP contribution is 2.46. The van der Waals surface area contributed by atoms with E-state index >= 15 is 0 Å². The SMILES string of the molecule is CCCCc1c(C(P)(CCCC)CCCC)ccc(Cl)c1Cl.Cl. The van der Waals surface area contributed by atoms with Crippen molar-refractivity contribution in [2.24, 2.45) is 0 Å². The number of hydrogen-bond donors (Lipinski definition) is 0. The van der Waals surface area contributed by atoms with Crippen molar-refractivity contribution < 1.29 is 0 Å². The van der Waals surface area contributed by atoms with Gasteiger partial charge < -0.3 is 0 Å². The van der Waals surface area contributed by atoms with Crippen molar-refractivity contribution in [3.05, 3.63) is 33.3 Å². The first-order valence-corrected chi connectivity index (χ1v) is 10.1.